The van der Waals surface area contributed by atoms with Crippen molar-refractivity contribution in [3.8, 4) is 22.9 Å². The highest BCUT2D eigenvalue weighted by Gasteiger charge is 2.52. The van der Waals surface area contributed by atoms with Crippen molar-refractivity contribution < 1.29 is 14.6 Å². The summed E-state index contributed by atoms with van der Waals surface area (Å²) >= 11 is 0. The number of nitriles is 1. The standard InChI is InChI=1S/C25H29N3O3/c1-31-21-13-11-18(12-14-21)17-7-9-19(10-8-17)24-22(15-26)28(23(24)16-29)25(30)27-20-5-3-2-4-6-20/h7-14,20,22-24,29H,2-6,16H2,1H3,(H,27,30)/t22-,23-,24+/m1/s1. The predicted molar refractivity (Wildman–Crippen MR) is 119 cm³/mol. The van der Waals surface area contributed by atoms with Gasteiger partial charge < -0.3 is 20.1 Å². The van der Waals surface area contributed by atoms with Crippen LogP contribution in [-0.2, 0) is 0 Å². The first-order valence-corrected chi connectivity index (χ1v) is 11.0. The molecule has 4 rings (SSSR count). The number of likely N-dealkylation sites (tertiary alicyclic amines) is 1. The van der Waals surface area contributed by atoms with E-state index < -0.39 is 6.04 Å². The lowest BCUT2D eigenvalue weighted by Gasteiger charge is -2.51. The molecule has 3 atom stereocenters. The summed E-state index contributed by atoms with van der Waals surface area (Å²) < 4.78 is 5.21. The summed E-state index contributed by atoms with van der Waals surface area (Å²) in [6, 6.07) is 17.1. The number of carbonyl (C=O) groups excluding carboxylic acids is 1. The molecule has 0 unspecified atom stereocenters. The summed E-state index contributed by atoms with van der Waals surface area (Å²) in [6.07, 6.45) is 5.43. The summed E-state index contributed by atoms with van der Waals surface area (Å²) in [5.41, 5.74) is 3.10. The van der Waals surface area contributed by atoms with Crippen LogP contribution in [0.4, 0.5) is 4.79 Å². The van der Waals surface area contributed by atoms with E-state index in [1.807, 2.05) is 48.5 Å². The van der Waals surface area contributed by atoms with Gasteiger partial charge in [-0.05, 0) is 41.7 Å². The lowest BCUT2D eigenvalue weighted by Crippen LogP contribution is -2.67. The van der Waals surface area contributed by atoms with E-state index in [1.165, 1.54) is 11.3 Å². The van der Waals surface area contributed by atoms with E-state index in [0.29, 0.717) is 0 Å². The van der Waals surface area contributed by atoms with Crippen molar-refractivity contribution in [1.82, 2.24) is 10.2 Å². The van der Waals surface area contributed by atoms with Gasteiger partial charge in [-0.25, -0.2) is 4.79 Å². The summed E-state index contributed by atoms with van der Waals surface area (Å²) in [5.74, 6) is 0.612. The maximum Gasteiger partial charge on any atom is 0.319 e. The smallest absolute Gasteiger partial charge is 0.319 e. The van der Waals surface area contributed by atoms with E-state index in [1.54, 1.807) is 7.11 Å². The Kier molecular flexibility index (Phi) is 6.43. The zero-order valence-electron chi connectivity index (χ0n) is 17.8. The lowest BCUT2D eigenvalue weighted by molar-refractivity contribution is 0.0153. The first-order chi connectivity index (χ1) is 15.2. The van der Waals surface area contributed by atoms with Crippen LogP contribution >= 0.6 is 0 Å². The quantitative estimate of drug-likeness (QED) is 0.765. The van der Waals surface area contributed by atoms with Gasteiger partial charge in [-0.3, -0.25) is 0 Å². The van der Waals surface area contributed by atoms with Gasteiger partial charge in [0.15, 0.2) is 0 Å². The highest BCUT2D eigenvalue weighted by molar-refractivity contribution is 5.78. The third kappa shape index (κ3) is 4.24. The molecule has 2 aromatic carbocycles. The molecular formula is C25H29N3O3. The Bertz CT molecular complexity index is 930. The van der Waals surface area contributed by atoms with Crippen molar-refractivity contribution in [2.45, 2.75) is 56.1 Å². The van der Waals surface area contributed by atoms with E-state index in [9.17, 15) is 15.2 Å². The number of rotatable bonds is 5. The second-order valence-electron chi connectivity index (χ2n) is 8.39. The molecule has 31 heavy (non-hydrogen) atoms. The molecule has 6 nitrogen and oxygen atoms in total. The summed E-state index contributed by atoms with van der Waals surface area (Å²) in [5, 5.41) is 22.8. The van der Waals surface area contributed by atoms with E-state index in [2.05, 4.69) is 11.4 Å². The van der Waals surface area contributed by atoms with Crippen molar-refractivity contribution in [3.05, 3.63) is 54.1 Å². The van der Waals surface area contributed by atoms with Crippen LogP contribution in [0.2, 0.25) is 0 Å². The van der Waals surface area contributed by atoms with Crippen molar-refractivity contribution in [1.29, 1.82) is 5.26 Å². The highest BCUT2D eigenvalue weighted by Crippen LogP contribution is 2.41. The molecule has 2 fully saturated rings. The SMILES string of the molecule is COc1ccc(-c2ccc([C@H]3[C@@H](C#N)N(C(=O)NC4CCCCC4)[C@@H]3CO)cc2)cc1. The monoisotopic (exact) mass is 419 g/mol. The topological polar surface area (TPSA) is 85.6 Å². The molecule has 0 spiro atoms. The van der Waals surface area contributed by atoms with Crippen LogP contribution in [0.15, 0.2) is 48.5 Å². The van der Waals surface area contributed by atoms with Gasteiger partial charge in [0, 0.05) is 12.0 Å². The average Bonchev–Trinajstić information content (AvgIpc) is 2.80. The van der Waals surface area contributed by atoms with Gasteiger partial charge >= 0.3 is 6.03 Å². The molecular weight excluding hydrogens is 390 g/mol. The number of hydrogen-bond acceptors (Lipinski definition) is 4. The second-order valence-corrected chi connectivity index (χ2v) is 8.39. The van der Waals surface area contributed by atoms with Gasteiger partial charge in [-0.1, -0.05) is 55.7 Å². The Labute approximate surface area is 183 Å². The molecule has 2 aromatic rings. The minimum atomic E-state index is -0.576. The van der Waals surface area contributed by atoms with Gasteiger partial charge in [0.25, 0.3) is 0 Å². The fourth-order valence-corrected chi connectivity index (χ4v) is 4.86. The number of aliphatic hydroxyl groups is 1. The Morgan fingerprint density at radius 2 is 1.71 bits per heavy atom. The van der Waals surface area contributed by atoms with Crippen LogP contribution in [0, 0.1) is 11.3 Å². The Balaban J connectivity index is 1.48. The van der Waals surface area contributed by atoms with Crippen LogP contribution in [0.3, 0.4) is 0 Å². The first kappa shape index (κ1) is 21.2. The number of hydrogen-bond donors (Lipinski definition) is 2. The van der Waals surface area contributed by atoms with Crippen molar-refractivity contribution in [3.63, 3.8) is 0 Å². The fraction of sp³-hybridized carbons (Fsp3) is 0.440. The third-order valence-corrected chi connectivity index (χ3v) is 6.62. The lowest BCUT2D eigenvalue weighted by atomic mass is 9.75. The Morgan fingerprint density at radius 1 is 1.10 bits per heavy atom. The molecule has 162 valence electrons. The number of urea groups is 1. The Morgan fingerprint density at radius 3 is 2.26 bits per heavy atom. The number of aliphatic hydroxyl groups excluding tert-OH is 1. The van der Waals surface area contributed by atoms with Gasteiger partial charge in [0.05, 0.1) is 25.8 Å². The molecule has 0 radical (unpaired) electrons. The molecule has 0 aromatic heterocycles. The maximum absolute atomic E-state index is 12.8. The second kappa shape index (κ2) is 9.40. The number of nitrogens with one attached hydrogen (secondary N) is 1. The van der Waals surface area contributed by atoms with Gasteiger partial charge in [0.1, 0.15) is 11.8 Å². The average molecular weight is 420 g/mol. The number of benzene rings is 2. The molecule has 1 saturated carbocycles. The summed E-state index contributed by atoms with van der Waals surface area (Å²) in [6.45, 7) is -0.166. The van der Waals surface area contributed by atoms with Gasteiger partial charge in [-0.15, -0.1) is 0 Å². The van der Waals surface area contributed by atoms with Crippen molar-refractivity contribution in [2.24, 2.45) is 0 Å². The molecule has 2 aliphatic rings. The molecule has 6 heteroatoms. The van der Waals surface area contributed by atoms with Crippen LogP contribution in [0.25, 0.3) is 11.1 Å². The summed E-state index contributed by atoms with van der Waals surface area (Å²) in [7, 11) is 1.64. The largest absolute Gasteiger partial charge is 0.497 e. The van der Waals surface area contributed by atoms with Gasteiger partial charge in [0.2, 0.25) is 0 Å². The van der Waals surface area contributed by atoms with E-state index in [4.69, 9.17) is 4.74 Å². The minimum absolute atomic E-state index is 0.166. The Hall–Kier alpha value is -3.04. The fourth-order valence-electron chi connectivity index (χ4n) is 4.86. The summed E-state index contributed by atoms with van der Waals surface area (Å²) in [4.78, 5) is 14.4. The number of carbonyl (C=O) groups is 1. The van der Waals surface area contributed by atoms with E-state index in [-0.39, 0.29) is 30.6 Å². The number of ether oxygens (including phenoxy) is 1. The molecule has 1 saturated heterocycles. The number of amides is 2. The first-order valence-electron chi connectivity index (χ1n) is 11.0. The maximum atomic E-state index is 12.8. The number of methoxy groups -OCH3 is 1. The molecule has 2 amide bonds. The normalized spacial score (nSPS) is 23.5. The van der Waals surface area contributed by atoms with E-state index in [0.717, 1.165) is 48.1 Å². The zero-order chi connectivity index (χ0) is 21.8. The van der Waals surface area contributed by atoms with E-state index >= 15 is 0 Å². The molecule has 1 aliphatic heterocycles. The molecule has 0 bridgehead atoms. The third-order valence-electron chi connectivity index (χ3n) is 6.62. The molecule has 1 heterocycles. The van der Waals surface area contributed by atoms with Crippen molar-refractivity contribution >= 4 is 6.03 Å². The zero-order valence-corrected chi connectivity index (χ0v) is 17.8. The number of nitrogens with zero attached hydrogens (tertiary/aromatic N) is 2. The van der Waals surface area contributed by atoms with Crippen LogP contribution in [-0.4, -0.2) is 47.9 Å². The van der Waals surface area contributed by atoms with Gasteiger partial charge in [-0.2, -0.15) is 5.26 Å². The predicted octanol–water partition coefficient (Wildman–Crippen LogP) is 4.06. The minimum Gasteiger partial charge on any atom is -0.497 e. The molecule has 2 N–H and O–H groups in total. The van der Waals surface area contributed by atoms with Crippen LogP contribution in [0.5, 0.6) is 5.75 Å². The molecule has 1 aliphatic carbocycles. The van der Waals surface area contributed by atoms with Crippen LogP contribution < -0.4 is 10.1 Å². The van der Waals surface area contributed by atoms with Crippen LogP contribution in [0.1, 0.15) is 43.6 Å². The highest BCUT2D eigenvalue weighted by atomic mass is 16.5. The van der Waals surface area contributed by atoms with Crippen molar-refractivity contribution in [2.75, 3.05) is 13.7 Å².